The van der Waals surface area contributed by atoms with Gasteiger partial charge in [-0.05, 0) is 30.5 Å². The molecule has 1 aromatic heterocycles. The number of aryl methyl sites for hydroxylation is 2. The fourth-order valence-corrected chi connectivity index (χ4v) is 1.85. The summed E-state index contributed by atoms with van der Waals surface area (Å²) in [5.74, 6) is -1.18. The van der Waals surface area contributed by atoms with E-state index in [-0.39, 0.29) is 12.2 Å². The van der Waals surface area contributed by atoms with Crippen LogP contribution in [0.1, 0.15) is 17.5 Å². The first-order chi connectivity index (χ1) is 7.59. The van der Waals surface area contributed by atoms with Crippen molar-refractivity contribution in [1.29, 1.82) is 0 Å². The molecule has 0 radical (unpaired) electrons. The SMILES string of the molecule is Cc1ccc(F)c2c(CCC(=O)O)c[nH]c12. The zero-order valence-electron chi connectivity index (χ0n) is 8.88. The molecule has 0 aliphatic carbocycles. The van der Waals surface area contributed by atoms with Crippen LogP contribution in [0, 0.1) is 12.7 Å². The Balaban J connectivity index is 2.47. The first-order valence-electron chi connectivity index (χ1n) is 5.06. The van der Waals surface area contributed by atoms with Gasteiger partial charge in [-0.3, -0.25) is 4.79 Å². The maximum atomic E-state index is 13.6. The Kier molecular flexibility index (Phi) is 2.64. The van der Waals surface area contributed by atoms with Crippen LogP contribution >= 0.6 is 0 Å². The number of aromatic nitrogens is 1. The van der Waals surface area contributed by atoms with Gasteiger partial charge in [0.25, 0.3) is 0 Å². The molecule has 0 saturated carbocycles. The van der Waals surface area contributed by atoms with E-state index in [0.29, 0.717) is 11.8 Å². The Morgan fingerprint density at radius 1 is 1.50 bits per heavy atom. The Bertz CT molecular complexity index is 545. The lowest BCUT2D eigenvalue weighted by molar-refractivity contribution is -0.136. The topological polar surface area (TPSA) is 53.1 Å². The van der Waals surface area contributed by atoms with Crippen LogP contribution < -0.4 is 0 Å². The number of nitrogens with one attached hydrogen (secondary N) is 1. The highest BCUT2D eigenvalue weighted by atomic mass is 19.1. The summed E-state index contributed by atoms with van der Waals surface area (Å²) in [5.41, 5.74) is 2.43. The molecule has 0 fully saturated rings. The first-order valence-corrected chi connectivity index (χ1v) is 5.06. The van der Waals surface area contributed by atoms with Crippen molar-refractivity contribution >= 4 is 16.9 Å². The normalized spacial score (nSPS) is 10.9. The fourth-order valence-electron chi connectivity index (χ4n) is 1.85. The van der Waals surface area contributed by atoms with E-state index >= 15 is 0 Å². The van der Waals surface area contributed by atoms with E-state index in [0.717, 1.165) is 16.6 Å². The molecule has 2 aromatic rings. The number of H-pyrrole nitrogens is 1. The van der Waals surface area contributed by atoms with Crippen LogP contribution in [0.5, 0.6) is 0 Å². The molecule has 2 N–H and O–H groups in total. The molecule has 4 heteroatoms. The van der Waals surface area contributed by atoms with E-state index in [4.69, 9.17) is 5.11 Å². The molecule has 0 aliphatic rings. The van der Waals surface area contributed by atoms with Crippen LogP contribution in [0.25, 0.3) is 10.9 Å². The van der Waals surface area contributed by atoms with Crippen LogP contribution in [0.2, 0.25) is 0 Å². The van der Waals surface area contributed by atoms with Gasteiger partial charge in [0.05, 0.1) is 5.52 Å². The minimum absolute atomic E-state index is 0.0142. The van der Waals surface area contributed by atoms with Crippen LogP contribution in [0.4, 0.5) is 4.39 Å². The quantitative estimate of drug-likeness (QED) is 0.837. The molecule has 2 rings (SSSR count). The highest BCUT2D eigenvalue weighted by Gasteiger charge is 2.11. The molecule has 0 amide bonds. The lowest BCUT2D eigenvalue weighted by Gasteiger charge is -2.00. The second kappa shape index (κ2) is 3.96. The monoisotopic (exact) mass is 221 g/mol. The zero-order valence-corrected chi connectivity index (χ0v) is 8.88. The molecule has 0 bridgehead atoms. The Hall–Kier alpha value is -1.84. The first kappa shape index (κ1) is 10.7. The van der Waals surface area contributed by atoms with Gasteiger partial charge in [-0.2, -0.15) is 0 Å². The second-order valence-corrected chi connectivity index (χ2v) is 3.82. The lowest BCUT2D eigenvalue weighted by Crippen LogP contribution is -1.97. The molecule has 3 nitrogen and oxygen atoms in total. The summed E-state index contributed by atoms with van der Waals surface area (Å²) in [6.45, 7) is 1.89. The van der Waals surface area contributed by atoms with E-state index in [1.54, 1.807) is 12.3 Å². The van der Waals surface area contributed by atoms with Crippen LogP contribution in [0.15, 0.2) is 18.3 Å². The number of hydrogen-bond donors (Lipinski definition) is 2. The summed E-state index contributed by atoms with van der Waals surface area (Å²) in [5, 5.41) is 9.12. The molecule has 16 heavy (non-hydrogen) atoms. The number of aromatic amines is 1. The van der Waals surface area contributed by atoms with Crippen molar-refractivity contribution in [2.45, 2.75) is 19.8 Å². The predicted octanol–water partition coefficient (Wildman–Crippen LogP) is 2.63. The van der Waals surface area contributed by atoms with Gasteiger partial charge >= 0.3 is 5.97 Å². The van der Waals surface area contributed by atoms with Crippen molar-refractivity contribution in [3.8, 4) is 0 Å². The Morgan fingerprint density at radius 2 is 2.25 bits per heavy atom. The third kappa shape index (κ3) is 1.78. The minimum Gasteiger partial charge on any atom is -0.481 e. The van der Waals surface area contributed by atoms with E-state index in [2.05, 4.69) is 4.98 Å². The maximum absolute atomic E-state index is 13.6. The summed E-state index contributed by atoms with van der Waals surface area (Å²) < 4.78 is 13.6. The summed E-state index contributed by atoms with van der Waals surface area (Å²) in [7, 11) is 0. The third-order valence-electron chi connectivity index (χ3n) is 2.68. The molecule has 1 aromatic carbocycles. The molecule has 0 spiro atoms. The van der Waals surface area contributed by atoms with Gasteiger partial charge in [-0.1, -0.05) is 6.07 Å². The molecular formula is C12H12FNO2. The number of halogens is 1. The van der Waals surface area contributed by atoms with E-state index in [1.807, 2.05) is 6.92 Å². The summed E-state index contributed by atoms with van der Waals surface area (Å²) >= 11 is 0. The number of rotatable bonds is 3. The number of carbonyl (C=O) groups is 1. The molecule has 0 saturated heterocycles. The smallest absolute Gasteiger partial charge is 0.303 e. The van der Waals surface area contributed by atoms with E-state index < -0.39 is 5.97 Å². The lowest BCUT2D eigenvalue weighted by atomic mass is 10.1. The van der Waals surface area contributed by atoms with Gasteiger partial charge in [0.15, 0.2) is 0 Å². The number of hydrogen-bond acceptors (Lipinski definition) is 1. The third-order valence-corrected chi connectivity index (χ3v) is 2.68. The number of benzene rings is 1. The average molecular weight is 221 g/mol. The van der Waals surface area contributed by atoms with Gasteiger partial charge in [0.2, 0.25) is 0 Å². The van der Waals surface area contributed by atoms with Crippen LogP contribution in [0.3, 0.4) is 0 Å². The number of fused-ring (bicyclic) bond motifs is 1. The van der Waals surface area contributed by atoms with Gasteiger partial charge in [0, 0.05) is 18.0 Å². The van der Waals surface area contributed by atoms with Gasteiger partial charge in [0.1, 0.15) is 5.82 Å². The average Bonchev–Trinajstić information content (AvgIpc) is 2.65. The van der Waals surface area contributed by atoms with Gasteiger partial charge in [-0.25, -0.2) is 4.39 Å². The molecular weight excluding hydrogens is 209 g/mol. The van der Waals surface area contributed by atoms with Crippen molar-refractivity contribution in [3.63, 3.8) is 0 Å². The standard InChI is InChI=1S/C12H12FNO2/c1-7-2-4-9(13)11-8(3-5-10(15)16)6-14-12(7)11/h2,4,6,14H,3,5H2,1H3,(H,15,16). The van der Waals surface area contributed by atoms with E-state index in [1.165, 1.54) is 6.07 Å². The van der Waals surface area contributed by atoms with Crippen LogP contribution in [-0.4, -0.2) is 16.1 Å². The Morgan fingerprint density at radius 3 is 2.94 bits per heavy atom. The van der Waals surface area contributed by atoms with Crippen molar-refractivity contribution in [2.75, 3.05) is 0 Å². The number of aliphatic carboxylic acids is 1. The van der Waals surface area contributed by atoms with Crippen molar-refractivity contribution in [2.24, 2.45) is 0 Å². The molecule has 0 atom stereocenters. The predicted molar refractivity (Wildman–Crippen MR) is 59.0 cm³/mol. The molecule has 1 heterocycles. The molecule has 84 valence electrons. The van der Waals surface area contributed by atoms with Gasteiger partial charge < -0.3 is 10.1 Å². The summed E-state index contributed by atoms with van der Waals surface area (Å²) in [6.07, 6.45) is 2.04. The van der Waals surface area contributed by atoms with Crippen molar-refractivity contribution < 1.29 is 14.3 Å². The van der Waals surface area contributed by atoms with Gasteiger partial charge in [-0.15, -0.1) is 0 Å². The molecule has 0 aliphatic heterocycles. The highest BCUT2D eigenvalue weighted by molar-refractivity contribution is 5.86. The highest BCUT2D eigenvalue weighted by Crippen LogP contribution is 2.25. The fraction of sp³-hybridized carbons (Fsp3) is 0.250. The summed E-state index contributed by atoms with van der Waals surface area (Å²) in [4.78, 5) is 13.5. The zero-order chi connectivity index (χ0) is 11.7. The minimum atomic E-state index is -0.873. The molecule has 0 unspecified atom stereocenters. The summed E-state index contributed by atoms with van der Waals surface area (Å²) in [6, 6.07) is 3.12. The largest absolute Gasteiger partial charge is 0.481 e. The number of carboxylic acid groups (broad SMARTS) is 1. The van der Waals surface area contributed by atoms with Crippen LogP contribution in [-0.2, 0) is 11.2 Å². The maximum Gasteiger partial charge on any atom is 0.303 e. The second-order valence-electron chi connectivity index (χ2n) is 3.82. The van der Waals surface area contributed by atoms with E-state index in [9.17, 15) is 9.18 Å². The Labute approximate surface area is 91.9 Å². The van der Waals surface area contributed by atoms with Crippen molar-refractivity contribution in [3.05, 3.63) is 35.3 Å². The number of carboxylic acids is 1. The van der Waals surface area contributed by atoms with Crippen molar-refractivity contribution in [1.82, 2.24) is 4.98 Å².